The fraction of sp³-hybridized carbons (Fsp3) is 0.464. The van der Waals surface area contributed by atoms with Gasteiger partial charge in [-0.1, -0.05) is 71.0 Å². The maximum atomic E-state index is 13.4. The first kappa shape index (κ1) is 60.7. The van der Waals surface area contributed by atoms with Crippen LogP contribution in [0.3, 0.4) is 0 Å². The molecule has 4 aromatic rings. The number of nitrogens with zero attached hydrogens (tertiary/aromatic N) is 2. The van der Waals surface area contributed by atoms with Crippen LogP contribution in [0.25, 0.3) is 0 Å². The van der Waals surface area contributed by atoms with E-state index in [-0.39, 0.29) is 58.9 Å². The van der Waals surface area contributed by atoms with Gasteiger partial charge in [0.2, 0.25) is 0 Å². The van der Waals surface area contributed by atoms with Crippen molar-refractivity contribution in [2.24, 2.45) is 0 Å². The topological polar surface area (TPSA) is 221 Å². The Morgan fingerprint density at radius 2 is 0.959 bits per heavy atom. The number of rotatable bonds is 26. The Kier molecular flexibility index (Phi) is 25.3. The molecule has 0 saturated heterocycles. The van der Waals surface area contributed by atoms with Crippen LogP contribution < -0.4 is 10.6 Å². The number of aliphatic hydroxyl groups is 1. The molecule has 0 aliphatic heterocycles. The largest absolute Gasteiger partial charge is 0.508 e. The van der Waals surface area contributed by atoms with E-state index in [2.05, 4.69) is 44.5 Å². The molecule has 0 unspecified atom stereocenters. The number of esters is 2. The third-order valence-corrected chi connectivity index (χ3v) is 17.1. The van der Waals surface area contributed by atoms with Crippen LogP contribution in [0.1, 0.15) is 126 Å². The number of methoxy groups -OCH3 is 2. The van der Waals surface area contributed by atoms with E-state index in [1.54, 1.807) is 71.6 Å². The van der Waals surface area contributed by atoms with Gasteiger partial charge in [0.25, 0.3) is 23.6 Å². The molecule has 0 bridgehead atoms. The van der Waals surface area contributed by atoms with Crippen LogP contribution in [0.5, 0.6) is 11.5 Å². The second kappa shape index (κ2) is 30.5. The minimum absolute atomic E-state index is 0.0787. The fourth-order valence-corrected chi connectivity index (χ4v) is 8.46. The molecule has 0 saturated carbocycles. The van der Waals surface area contributed by atoms with Gasteiger partial charge in [-0.15, -0.1) is 0 Å². The number of carbonyl (C=O) groups excluding carboxylic acids is 6. The standard InChI is InChI=1S/C31H46N2O6Si.C25H32N2O6/c1-8-18-33(19-9-10-20-39-40(6,7)31(2,3)4)29(36)25-13-11-12-24(22-25)28(35)32-27(30(37)38-5)21-23-14-16-26(34)17-15-23;1-3-13-27(14-4-5-15-28)24(31)20-8-6-7-19(17-20)23(30)26-22(25(32)33-2)16-18-9-11-21(29)12-10-18/h11-17,22,27,34H,8-10,18-21H2,1-7H3,(H,32,35);6-12,17,22,28-29H,3-5,13-16H2,1-2H3,(H,26,30)/t27-;22-/m00/s1. The summed E-state index contributed by atoms with van der Waals surface area (Å²) in [4.78, 5) is 80.5. The molecule has 73 heavy (non-hydrogen) atoms. The Balaban J connectivity index is 0.000000392. The zero-order chi connectivity index (χ0) is 54.1. The number of hydrogen-bond acceptors (Lipinski definition) is 12. The molecule has 398 valence electrons. The van der Waals surface area contributed by atoms with E-state index < -0.39 is 44.2 Å². The van der Waals surface area contributed by atoms with Gasteiger partial charge in [-0.25, -0.2) is 9.59 Å². The number of phenolic OH excluding ortho intramolecular Hbond substituents is 2. The number of amides is 4. The Labute approximate surface area is 432 Å². The van der Waals surface area contributed by atoms with Gasteiger partial charge in [0.15, 0.2) is 8.32 Å². The van der Waals surface area contributed by atoms with E-state index in [1.807, 2.05) is 18.7 Å². The summed E-state index contributed by atoms with van der Waals surface area (Å²) in [5.74, 6) is -2.25. The number of aliphatic hydroxyl groups excluding tert-OH is 1. The number of unbranched alkanes of at least 4 members (excludes halogenated alkanes) is 2. The smallest absolute Gasteiger partial charge is 0.328 e. The predicted molar refractivity (Wildman–Crippen MR) is 284 cm³/mol. The molecule has 0 heterocycles. The molecule has 4 amide bonds. The quantitative estimate of drug-likeness (QED) is 0.0229. The fourth-order valence-electron chi connectivity index (χ4n) is 7.37. The lowest BCUT2D eigenvalue weighted by Gasteiger charge is -2.36. The second-order valence-corrected chi connectivity index (χ2v) is 24.1. The molecule has 2 atom stereocenters. The molecule has 0 aliphatic carbocycles. The summed E-state index contributed by atoms with van der Waals surface area (Å²) >= 11 is 0. The summed E-state index contributed by atoms with van der Waals surface area (Å²) in [5.41, 5.74) is 2.84. The van der Waals surface area contributed by atoms with Crippen molar-refractivity contribution < 1.29 is 58.0 Å². The van der Waals surface area contributed by atoms with Crippen molar-refractivity contribution >= 4 is 43.9 Å². The van der Waals surface area contributed by atoms with Crippen LogP contribution in [-0.4, -0.2) is 135 Å². The Hall–Kier alpha value is -6.56. The number of phenols is 2. The second-order valence-electron chi connectivity index (χ2n) is 19.3. The van der Waals surface area contributed by atoms with Crippen LogP contribution in [0.15, 0.2) is 97.1 Å². The first-order chi connectivity index (χ1) is 34.7. The van der Waals surface area contributed by atoms with Gasteiger partial charge < -0.3 is 49.7 Å². The van der Waals surface area contributed by atoms with Gasteiger partial charge in [-0.2, -0.15) is 0 Å². The van der Waals surface area contributed by atoms with Gasteiger partial charge in [0.1, 0.15) is 23.6 Å². The van der Waals surface area contributed by atoms with E-state index >= 15 is 0 Å². The number of aromatic hydroxyl groups is 2. The molecule has 4 aromatic carbocycles. The summed E-state index contributed by atoms with van der Waals surface area (Å²) in [6.07, 6.45) is 5.02. The normalized spacial score (nSPS) is 12.0. The molecular weight excluding hydrogens is 949 g/mol. The molecule has 0 fully saturated rings. The summed E-state index contributed by atoms with van der Waals surface area (Å²) in [6.45, 7) is 18.3. The van der Waals surface area contributed by atoms with E-state index in [0.717, 1.165) is 36.8 Å². The van der Waals surface area contributed by atoms with Crippen LogP contribution in [0.2, 0.25) is 18.1 Å². The molecule has 4 rings (SSSR count). The first-order valence-electron chi connectivity index (χ1n) is 25.0. The lowest BCUT2D eigenvalue weighted by atomic mass is 10.0. The van der Waals surface area contributed by atoms with Crippen molar-refractivity contribution in [3.63, 3.8) is 0 Å². The lowest BCUT2D eigenvalue weighted by Crippen LogP contribution is -2.43. The van der Waals surface area contributed by atoms with E-state index in [9.17, 15) is 39.0 Å². The molecule has 0 aromatic heterocycles. The molecule has 0 aliphatic rings. The Morgan fingerprint density at radius 3 is 1.32 bits per heavy atom. The van der Waals surface area contributed by atoms with Gasteiger partial charge in [-0.3, -0.25) is 19.2 Å². The zero-order valence-corrected chi connectivity index (χ0v) is 45.2. The maximum Gasteiger partial charge on any atom is 0.328 e. The van der Waals surface area contributed by atoms with E-state index in [1.165, 1.54) is 44.6 Å². The molecule has 0 radical (unpaired) electrons. The zero-order valence-electron chi connectivity index (χ0n) is 44.2. The highest BCUT2D eigenvalue weighted by Gasteiger charge is 2.37. The summed E-state index contributed by atoms with van der Waals surface area (Å²) in [6, 6.07) is 23.8. The Morgan fingerprint density at radius 1 is 0.575 bits per heavy atom. The van der Waals surface area contributed by atoms with Crippen molar-refractivity contribution in [1.29, 1.82) is 0 Å². The molecule has 16 nitrogen and oxygen atoms in total. The van der Waals surface area contributed by atoms with Crippen molar-refractivity contribution in [1.82, 2.24) is 20.4 Å². The van der Waals surface area contributed by atoms with E-state index in [4.69, 9.17) is 19.0 Å². The number of benzene rings is 4. The van der Waals surface area contributed by atoms with Gasteiger partial charge in [0, 0.05) is 74.5 Å². The Bertz CT molecular complexity index is 2390. The SMILES string of the molecule is CCCN(CCCCO)C(=O)c1cccc(C(=O)N[C@@H](Cc2ccc(O)cc2)C(=O)OC)c1.CCCN(CCCCO[Si](C)(C)C(C)(C)C)C(=O)c1cccc(C(=O)N[C@@H](Cc2ccc(O)cc2)C(=O)OC)c1. The van der Waals surface area contributed by atoms with Crippen molar-refractivity contribution in [3.05, 3.63) is 130 Å². The number of hydrogen-bond donors (Lipinski definition) is 5. The average molecular weight is 1030 g/mol. The van der Waals surface area contributed by atoms with Crippen LogP contribution in [0.4, 0.5) is 0 Å². The lowest BCUT2D eigenvalue weighted by molar-refractivity contribution is -0.143. The van der Waals surface area contributed by atoms with Gasteiger partial charge in [0.05, 0.1) is 14.2 Å². The molecule has 0 spiro atoms. The minimum Gasteiger partial charge on any atom is -0.508 e. The third-order valence-electron chi connectivity index (χ3n) is 12.6. The molecular formula is C56H78N4O12Si. The highest BCUT2D eigenvalue weighted by Crippen LogP contribution is 2.36. The van der Waals surface area contributed by atoms with Crippen molar-refractivity contribution in [3.8, 4) is 11.5 Å². The summed E-state index contributed by atoms with van der Waals surface area (Å²) < 4.78 is 16.0. The summed E-state index contributed by atoms with van der Waals surface area (Å²) in [7, 11) is 0.718. The van der Waals surface area contributed by atoms with Gasteiger partial charge in [-0.05, 0) is 128 Å². The van der Waals surface area contributed by atoms with E-state index in [0.29, 0.717) is 56.8 Å². The third kappa shape index (κ3) is 20.1. The molecule has 17 heteroatoms. The number of carbonyl (C=O) groups is 6. The summed E-state index contributed by atoms with van der Waals surface area (Å²) in [5, 5.41) is 33.5. The maximum absolute atomic E-state index is 13.4. The number of nitrogens with one attached hydrogen (secondary N) is 2. The highest BCUT2D eigenvalue weighted by atomic mass is 28.4. The average Bonchev–Trinajstić information content (AvgIpc) is 3.37. The minimum atomic E-state index is -1.79. The van der Waals surface area contributed by atoms with Gasteiger partial charge >= 0.3 is 11.9 Å². The predicted octanol–water partition coefficient (Wildman–Crippen LogP) is 8.09. The first-order valence-corrected chi connectivity index (χ1v) is 28.0. The van der Waals surface area contributed by atoms with Crippen molar-refractivity contribution in [2.45, 2.75) is 116 Å². The van der Waals surface area contributed by atoms with Crippen LogP contribution in [0, 0.1) is 0 Å². The van der Waals surface area contributed by atoms with Crippen LogP contribution >= 0.6 is 0 Å². The monoisotopic (exact) mass is 1030 g/mol. The van der Waals surface area contributed by atoms with Crippen molar-refractivity contribution in [2.75, 3.05) is 53.6 Å². The number of ether oxygens (including phenoxy) is 2. The highest BCUT2D eigenvalue weighted by molar-refractivity contribution is 6.74. The van der Waals surface area contributed by atoms with Crippen LogP contribution in [-0.2, 0) is 36.3 Å². The molecule has 5 N–H and O–H groups in total.